The molecule has 0 amide bonds. The lowest BCUT2D eigenvalue weighted by molar-refractivity contribution is 0.271. The molecule has 1 saturated carbocycles. The Hall–Kier alpha value is -0.0800. The van der Waals surface area contributed by atoms with E-state index in [4.69, 9.17) is 5.11 Å². The molecule has 0 aromatic heterocycles. The highest BCUT2D eigenvalue weighted by Gasteiger charge is 2.13. The van der Waals surface area contributed by atoms with Crippen LogP contribution in [0.2, 0.25) is 0 Å². The minimum Gasteiger partial charge on any atom is -0.396 e. The van der Waals surface area contributed by atoms with Crippen LogP contribution in [0, 0.1) is 5.92 Å². The molecule has 1 fully saturated rings. The van der Waals surface area contributed by atoms with Gasteiger partial charge >= 0.3 is 0 Å². The van der Waals surface area contributed by atoms with Crippen LogP contribution in [0.5, 0.6) is 0 Å². The predicted octanol–water partition coefficient (Wildman–Crippen LogP) is 2.32. The monoisotopic (exact) mass is 199 g/mol. The molecule has 0 heterocycles. The van der Waals surface area contributed by atoms with Gasteiger partial charge in [0, 0.05) is 12.6 Å². The molecule has 14 heavy (non-hydrogen) atoms. The Labute approximate surface area is 88.1 Å². The van der Waals surface area contributed by atoms with Crippen LogP contribution in [0.15, 0.2) is 0 Å². The maximum Gasteiger partial charge on any atom is 0.0431 e. The Morgan fingerprint density at radius 2 is 2.00 bits per heavy atom. The highest BCUT2D eigenvalue weighted by atomic mass is 16.2. The molecule has 1 rings (SSSR count). The molecular formula is C12H25NO. The molecule has 0 aromatic rings. The van der Waals surface area contributed by atoms with E-state index in [-0.39, 0.29) is 0 Å². The van der Waals surface area contributed by atoms with Crippen molar-refractivity contribution in [2.45, 2.75) is 57.9 Å². The van der Waals surface area contributed by atoms with Crippen LogP contribution in [0.25, 0.3) is 0 Å². The highest BCUT2D eigenvalue weighted by molar-refractivity contribution is 4.70. The van der Waals surface area contributed by atoms with Crippen molar-refractivity contribution >= 4 is 0 Å². The average molecular weight is 199 g/mol. The first kappa shape index (κ1) is 12.0. The zero-order valence-electron chi connectivity index (χ0n) is 9.47. The molecule has 0 bridgehead atoms. The van der Waals surface area contributed by atoms with Gasteiger partial charge in [0.05, 0.1) is 0 Å². The van der Waals surface area contributed by atoms with Crippen molar-refractivity contribution < 1.29 is 5.11 Å². The molecular weight excluding hydrogens is 174 g/mol. The number of rotatable bonds is 6. The lowest BCUT2D eigenvalue weighted by Gasteiger charge is -2.24. The number of hydrogen-bond acceptors (Lipinski definition) is 2. The quantitative estimate of drug-likeness (QED) is 0.688. The Morgan fingerprint density at radius 1 is 1.29 bits per heavy atom. The maximum atomic E-state index is 8.70. The summed E-state index contributed by atoms with van der Waals surface area (Å²) in [6.07, 6.45) is 9.16. The van der Waals surface area contributed by atoms with Crippen LogP contribution in [-0.4, -0.2) is 24.3 Å². The zero-order chi connectivity index (χ0) is 10.2. The standard InChI is InChI=1S/C12H25NO/c1-11(6-5-9-14)13-10-12-7-3-2-4-8-12/h11-14H,2-10H2,1H3. The molecule has 1 aliphatic carbocycles. The predicted molar refractivity (Wildman–Crippen MR) is 60.4 cm³/mol. The summed E-state index contributed by atoms with van der Waals surface area (Å²) in [5.74, 6) is 0.917. The number of nitrogens with one attached hydrogen (secondary N) is 1. The van der Waals surface area contributed by atoms with Gasteiger partial charge in [0.15, 0.2) is 0 Å². The van der Waals surface area contributed by atoms with Crippen molar-refractivity contribution in [2.24, 2.45) is 5.92 Å². The van der Waals surface area contributed by atoms with Gasteiger partial charge in [0.1, 0.15) is 0 Å². The van der Waals surface area contributed by atoms with E-state index in [1.165, 1.54) is 38.6 Å². The first-order valence-electron chi connectivity index (χ1n) is 6.17. The molecule has 2 nitrogen and oxygen atoms in total. The molecule has 2 N–H and O–H groups in total. The number of hydrogen-bond donors (Lipinski definition) is 2. The lowest BCUT2D eigenvalue weighted by atomic mass is 9.89. The average Bonchev–Trinajstić information content (AvgIpc) is 2.25. The topological polar surface area (TPSA) is 32.3 Å². The van der Waals surface area contributed by atoms with E-state index in [1.807, 2.05) is 0 Å². The number of aliphatic hydroxyl groups excluding tert-OH is 1. The van der Waals surface area contributed by atoms with E-state index in [0.29, 0.717) is 12.6 Å². The van der Waals surface area contributed by atoms with Gasteiger partial charge in [-0.25, -0.2) is 0 Å². The van der Waals surface area contributed by atoms with Gasteiger partial charge in [0.2, 0.25) is 0 Å². The van der Waals surface area contributed by atoms with Crippen LogP contribution in [0.4, 0.5) is 0 Å². The molecule has 1 atom stereocenters. The summed E-state index contributed by atoms with van der Waals surface area (Å²) in [7, 11) is 0. The van der Waals surface area contributed by atoms with E-state index in [0.717, 1.165) is 18.8 Å². The molecule has 0 saturated heterocycles. The van der Waals surface area contributed by atoms with Crippen LogP contribution in [0.3, 0.4) is 0 Å². The van der Waals surface area contributed by atoms with Gasteiger partial charge in [0.25, 0.3) is 0 Å². The Bertz CT molecular complexity index is 132. The van der Waals surface area contributed by atoms with Crippen LogP contribution >= 0.6 is 0 Å². The molecule has 0 aliphatic heterocycles. The summed E-state index contributed by atoms with van der Waals surface area (Å²) in [5.41, 5.74) is 0. The molecule has 1 unspecified atom stereocenters. The maximum absolute atomic E-state index is 8.70. The molecule has 84 valence electrons. The fourth-order valence-corrected chi connectivity index (χ4v) is 2.26. The van der Waals surface area contributed by atoms with Crippen LogP contribution in [-0.2, 0) is 0 Å². The lowest BCUT2D eigenvalue weighted by Crippen LogP contribution is -2.32. The largest absolute Gasteiger partial charge is 0.396 e. The smallest absolute Gasteiger partial charge is 0.0431 e. The van der Waals surface area contributed by atoms with Gasteiger partial charge in [-0.3, -0.25) is 0 Å². The third kappa shape index (κ3) is 4.97. The zero-order valence-corrected chi connectivity index (χ0v) is 9.47. The normalized spacial score (nSPS) is 21.0. The van der Waals surface area contributed by atoms with Crippen molar-refractivity contribution in [3.05, 3.63) is 0 Å². The van der Waals surface area contributed by atoms with Gasteiger partial charge < -0.3 is 10.4 Å². The van der Waals surface area contributed by atoms with E-state index >= 15 is 0 Å². The minimum absolute atomic E-state index is 0.329. The van der Waals surface area contributed by atoms with Gasteiger partial charge in [-0.15, -0.1) is 0 Å². The second kappa shape index (κ2) is 7.24. The highest BCUT2D eigenvalue weighted by Crippen LogP contribution is 2.22. The van der Waals surface area contributed by atoms with Gasteiger partial charge in [-0.2, -0.15) is 0 Å². The Balaban J connectivity index is 2.00. The van der Waals surface area contributed by atoms with E-state index in [2.05, 4.69) is 12.2 Å². The van der Waals surface area contributed by atoms with Gasteiger partial charge in [-0.05, 0) is 45.1 Å². The first-order valence-corrected chi connectivity index (χ1v) is 6.17. The van der Waals surface area contributed by atoms with Crippen LogP contribution in [0.1, 0.15) is 51.9 Å². The fraction of sp³-hybridized carbons (Fsp3) is 1.00. The molecule has 1 aliphatic rings. The molecule has 2 heteroatoms. The SMILES string of the molecule is CC(CCCO)NCC1CCCCC1. The Morgan fingerprint density at radius 3 is 2.64 bits per heavy atom. The minimum atomic E-state index is 0.329. The first-order chi connectivity index (χ1) is 6.83. The van der Waals surface area contributed by atoms with E-state index in [9.17, 15) is 0 Å². The van der Waals surface area contributed by atoms with Crippen LogP contribution < -0.4 is 5.32 Å². The van der Waals surface area contributed by atoms with Crippen molar-refractivity contribution in [1.82, 2.24) is 5.32 Å². The summed E-state index contributed by atoms with van der Waals surface area (Å²) in [6.45, 7) is 3.74. The summed E-state index contributed by atoms with van der Waals surface area (Å²) in [4.78, 5) is 0. The van der Waals surface area contributed by atoms with E-state index < -0.39 is 0 Å². The summed E-state index contributed by atoms with van der Waals surface area (Å²) >= 11 is 0. The van der Waals surface area contributed by atoms with Crippen molar-refractivity contribution in [3.63, 3.8) is 0 Å². The molecule has 0 spiro atoms. The van der Waals surface area contributed by atoms with Crippen molar-refractivity contribution in [3.8, 4) is 0 Å². The van der Waals surface area contributed by atoms with E-state index in [1.54, 1.807) is 0 Å². The summed E-state index contributed by atoms with van der Waals surface area (Å²) in [6, 6.07) is 0.573. The molecule has 0 aromatic carbocycles. The van der Waals surface area contributed by atoms with Gasteiger partial charge in [-0.1, -0.05) is 19.3 Å². The molecule has 0 radical (unpaired) electrons. The Kier molecular flexibility index (Phi) is 6.20. The summed E-state index contributed by atoms with van der Waals surface area (Å²) in [5, 5.41) is 12.3. The second-order valence-corrected chi connectivity index (χ2v) is 4.68. The second-order valence-electron chi connectivity index (χ2n) is 4.68. The van der Waals surface area contributed by atoms with Crippen molar-refractivity contribution in [2.75, 3.05) is 13.2 Å². The number of aliphatic hydroxyl groups is 1. The fourth-order valence-electron chi connectivity index (χ4n) is 2.26. The third-order valence-corrected chi connectivity index (χ3v) is 3.27. The summed E-state index contributed by atoms with van der Waals surface area (Å²) < 4.78 is 0. The van der Waals surface area contributed by atoms with Crippen molar-refractivity contribution in [1.29, 1.82) is 0 Å². The third-order valence-electron chi connectivity index (χ3n) is 3.27.